The number of hydrogen-bond acceptors (Lipinski definition) is 5. The van der Waals surface area contributed by atoms with Crippen LogP contribution in [0.1, 0.15) is 5.56 Å². The number of urea groups is 1. The summed E-state index contributed by atoms with van der Waals surface area (Å²) in [5.74, 6) is 0.205. The van der Waals surface area contributed by atoms with Crippen molar-refractivity contribution in [3.63, 3.8) is 0 Å². The van der Waals surface area contributed by atoms with Gasteiger partial charge in [-0.2, -0.15) is 4.98 Å². The Morgan fingerprint density at radius 1 is 1.00 bits per heavy atom. The van der Waals surface area contributed by atoms with Gasteiger partial charge in [-0.25, -0.2) is 23.1 Å². The summed E-state index contributed by atoms with van der Waals surface area (Å²) in [6.45, 7) is 0.0883. The number of benzene rings is 2. The Morgan fingerprint density at radius 3 is 2.28 bits per heavy atom. The van der Waals surface area contributed by atoms with Crippen LogP contribution in [0.2, 0.25) is 10.0 Å². The van der Waals surface area contributed by atoms with Crippen LogP contribution in [0.25, 0.3) is 0 Å². The molecule has 1 aromatic heterocycles. The van der Waals surface area contributed by atoms with Crippen LogP contribution in [0.3, 0.4) is 0 Å². The molecule has 0 bridgehead atoms. The largest absolute Gasteiger partial charge is 0.335 e. The number of rotatable bonds is 3. The highest BCUT2D eigenvalue weighted by Crippen LogP contribution is 2.40. The average molecular weight is 449 g/mol. The molecule has 0 atom stereocenters. The van der Waals surface area contributed by atoms with Gasteiger partial charge in [-0.1, -0.05) is 47.5 Å². The zero-order valence-corrected chi connectivity index (χ0v) is 17.4. The summed E-state index contributed by atoms with van der Waals surface area (Å²) < 4.78 is 23.9. The van der Waals surface area contributed by atoms with E-state index in [1.54, 1.807) is 42.5 Å². The first kappa shape index (κ1) is 19.6. The van der Waals surface area contributed by atoms with E-state index in [-0.39, 0.29) is 17.5 Å². The van der Waals surface area contributed by atoms with Crippen LogP contribution in [0.5, 0.6) is 0 Å². The zero-order valence-electron chi connectivity index (χ0n) is 15.1. The van der Waals surface area contributed by atoms with E-state index in [1.165, 1.54) is 16.0 Å². The minimum absolute atomic E-state index is 0.0883. The van der Waals surface area contributed by atoms with Gasteiger partial charge >= 0.3 is 6.03 Å². The lowest BCUT2D eigenvalue weighted by atomic mass is 10.1. The molecule has 0 aliphatic carbocycles. The van der Waals surface area contributed by atoms with Gasteiger partial charge in [0.05, 0.1) is 28.0 Å². The van der Waals surface area contributed by atoms with Crippen molar-refractivity contribution >= 4 is 56.3 Å². The molecule has 2 aromatic carbocycles. The zero-order chi connectivity index (χ0) is 20.8. The van der Waals surface area contributed by atoms with Crippen molar-refractivity contribution in [2.45, 2.75) is 11.7 Å². The Labute approximate surface area is 177 Å². The van der Waals surface area contributed by atoms with Crippen molar-refractivity contribution in [1.29, 1.82) is 0 Å². The van der Waals surface area contributed by atoms with Gasteiger partial charge in [0, 0.05) is 18.0 Å². The number of nitrogens with zero attached hydrogens (tertiary/aromatic N) is 4. The van der Waals surface area contributed by atoms with Gasteiger partial charge in [0.25, 0.3) is 0 Å². The first-order chi connectivity index (χ1) is 13.8. The summed E-state index contributed by atoms with van der Waals surface area (Å²) in [7, 11) is -3.65. The van der Waals surface area contributed by atoms with Crippen molar-refractivity contribution in [3.8, 4) is 0 Å². The molecule has 10 heteroatoms. The normalized spacial score (nSPS) is 14.1. The second-order valence-corrected chi connectivity index (χ2v) is 9.11. The molecule has 0 fully saturated rings. The van der Waals surface area contributed by atoms with Crippen LogP contribution in [0, 0.1) is 0 Å². The summed E-state index contributed by atoms with van der Waals surface area (Å²) in [6, 6.07) is 13.3. The van der Waals surface area contributed by atoms with Gasteiger partial charge in [-0.05, 0) is 24.3 Å². The quantitative estimate of drug-likeness (QED) is 0.552. The van der Waals surface area contributed by atoms with E-state index in [9.17, 15) is 13.2 Å². The van der Waals surface area contributed by atoms with Crippen LogP contribution in [-0.2, 0) is 16.4 Å². The second-order valence-electron chi connectivity index (χ2n) is 6.38. The van der Waals surface area contributed by atoms with E-state index >= 15 is 0 Å². The number of sulfone groups is 1. The number of halogens is 2. The fraction of sp³-hybridized carbons (Fsp3) is 0.105. The molecule has 0 spiro atoms. The van der Waals surface area contributed by atoms with Crippen molar-refractivity contribution in [2.24, 2.45) is 0 Å². The summed E-state index contributed by atoms with van der Waals surface area (Å²) >= 11 is 12.7. The number of fused-ring (bicyclic) bond motifs is 1. The lowest BCUT2D eigenvalue weighted by molar-refractivity contribution is 0.252. The third-order valence-electron chi connectivity index (χ3n) is 4.34. The molecular weight excluding hydrogens is 435 g/mol. The van der Waals surface area contributed by atoms with Crippen LogP contribution in [-0.4, -0.2) is 30.7 Å². The molecule has 2 amide bonds. The number of anilines is 3. The molecular formula is C19H14Cl2N4O3S. The van der Waals surface area contributed by atoms with Crippen molar-refractivity contribution in [2.75, 3.05) is 16.1 Å². The number of hydrogen-bond donors (Lipinski definition) is 0. The summed E-state index contributed by atoms with van der Waals surface area (Å²) in [4.78, 5) is 24.4. The molecule has 2 heterocycles. The molecule has 3 aromatic rings. The van der Waals surface area contributed by atoms with Gasteiger partial charge in [0.1, 0.15) is 0 Å². The fourth-order valence-electron chi connectivity index (χ4n) is 3.05. The molecule has 1 aliphatic heterocycles. The Kier molecular flexibility index (Phi) is 4.94. The van der Waals surface area contributed by atoms with Crippen molar-refractivity contribution in [3.05, 3.63) is 70.3 Å². The third-order valence-corrected chi connectivity index (χ3v) is 5.81. The molecule has 0 saturated heterocycles. The lowest BCUT2D eigenvalue weighted by Crippen LogP contribution is -2.46. The first-order valence-corrected chi connectivity index (χ1v) is 11.1. The maximum absolute atomic E-state index is 13.5. The number of aromatic nitrogens is 2. The van der Waals surface area contributed by atoms with Crippen LogP contribution >= 0.6 is 23.2 Å². The van der Waals surface area contributed by atoms with Gasteiger partial charge in [0.2, 0.25) is 15.0 Å². The predicted molar refractivity (Wildman–Crippen MR) is 112 cm³/mol. The van der Waals surface area contributed by atoms with Crippen molar-refractivity contribution in [1.82, 2.24) is 9.97 Å². The van der Waals surface area contributed by atoms with Crippen LogP contribution in [0.15, 0.2) is 59.9 Å². The summed E-state index contributed by atoms with van der Waals surface area (Å²) in [5.41, 5.74) is 1.43. The highest BCUT2D eigenvalue weighted by atomic mass is 35.5. The minimum atomic E-state index is -3.65. The maximum atomic E-state index is 13.5. The Balaban J connectivity index is 1.94. The SMILES string of the molecule is CS(=O)(=O)c1ncc2c(n1)N(c1ccccc1)C(=O)N(c1c(Cl)cccc1Cl)C2. The molecule has 148 valence electrons. The van der Waals surface area contributed by atoms with E-state index in [0.29, 0.717) is 27.0 Å². The highest BCUT2D eigenvalue weighted by Gasteiger charge is 2.36. The smallest absolute Gasteiger partial charge is 0.286 e. The molecule has 0 radical (unpaired) electrons. The van der Waals surface area contributed by atoms with E-state index < -0.39 is 15.9 Å². The van der Waals surface area contributed by atoms with Crippen LogP contribution < -0.4 is 9.80 Å². The summed E-state index contributed by atoms with van der Waals surface area (Å²) in [6.07, 6.45) is 2.42. The number of para-hydroxylation sites is 2. The topological polar surface area (TPSA) is 83.5 Å². The second kappa shape index (κ2) is 7.29. The highest BCUT2D eigenvalue weighted by molar-refractivity contribution is 7.90. The number of carbonyl (C=O) groups is 1. The monoisotopic (exact) mass is 448 g/mol. The van der Waals surface area contributed by atoms with E-state index in [1.807, 2.05) is 6.07 Å². The fourth-order valence-corrected chi connectivity index (χ4v) is 4.14. The minimum Gasteiger partial charge on any atom is -0.286 e. The molecule has 29 heavy (non-hydrogen) atoms. The van der Waals surface area contributed by atoms with Crippen molar-refractivity contribution < 1.29 is 13.2 Å². The maximum Gasteiger partial charge on any atom is 0.335 e. The Hall–Kier alpha value is -2.68. The molecule has 1 aliphatic rings. The molecule has 7 nitrogen and oxygen atoms in total. The van der Waals surface area contributed by atoms with E-state index in [2.05, 4.69) is 9.97 Å². The van der Waals surface area contributed by atoms with Gasteiger partial charge in [0.15, 0.2) is 5.82 Å². The molecule has 4 rings (SSSR count). The molecule has 0 unspecified atom stereocenters. The van der Waals surface area contributed by atoms with Crippen LogP contribution in [0.4, 0.5) is 22.0 Å². The van der Waals surface area contributed by atoms with E-state index in [0.717, 1.165) is 6.26 Å². The van der Waals surface area contributed by atoms with Gasteiger partial charge < -0.3 is 0 Å². The summed E-state index contributed by atoms with van der Waals surface area (Å²) in [5, 5.41) is 0.279. The standard InChI is InChI=1S/C19H14Cl2N4O3S/c1-29(27,28)18-22-10-12-11-24(16-14(20)8-5-9-15(16)21)19(26)25(17(12)23-18)13-6-3-2-4-7-13/h2-10H,11H2,1H3. The Bertz CT molecular complexity index is 1200. The van der Waals surface area contributed by atoms with Gasteiger partial charge in [-0.15, -0.1) is 0 Å². The number of carbonyl (C=O) groups excluding carboxylic acids is 1. The molecule has 0 N–H and O–H groups in total. The van der Waals surface area contributed by atoms with Gasteiger partial charge in [-0.3, -0.25) is 4.90 Å². The predicted octanol–water partition coefficient (Wildman–Crippen LogP) is 4.47. The third kappa shape index (κ3) is 3.55. The lowest BCUT2D eigenvalue weighted by Gasteiger charge is -2.36. The first-order valence-electron chi connectivity index (χ1n) is 8.44. The van der Waals surface area contributed by atoms with E-state index in [4.69, 9.17) is 23.2 Å². The molecule has 0 saturated carbocycles. The average Bonchev–Trinajstić information content (AvgIpc) is 2.68. The number of amides is 2. The Morgan fingerprint density at radius 2 is 1.66 bits per heavy atom.